The van der Waals surface area contributed by atoms with Gasteiger partial charge >= 0.3 is 0 Å². The highest BCUT2D eigenvalue weighted by Crippen LogP contribution is 2.30. The van der Waals surface area contributed by atoms with Crippen LogP contribution in [-0.4, -0.2) is 18.8 Å². The summed E-state index contributed by atoms with van der Waals surface area (Å²) < 4.78 is 31.3. The average molecular weight is 267 g/mol. The van der Waals surface area contributed by atoms with Crippen LogP contribution in [0.15, 0.2) is 10.5 Å². The lowest BCUT2D eigenvalue weighted by Gasteiger charge is -2.09. The van der Waals surface area contributed by atoms with Crippen LogP contribution in [0.3, 0.4) is 0 Å². The van der Waals surface area contributed by atoms with E-state index in [0.29, 0.717) is 0 Å². The van der Waals surface area contributed by atoms with Crippen molar-refractivity contribution in [3.05, 3.63) is 27.7 Å². The summed E-state index contributed by atoms with van der Waals surface area (Å²) in [6.45, 7) is -0.196. The Kier molecular flexibility index (Phi) is 3.83. The molecule has 0 unspecified atom stereocenters. The van der Waals surface area contributed by atoms with Crippen molar-refractivity contribution < 1.29 is 18.6 Å². The zero-order valence-corrected chi connectivity index (χ0v) is 9.07. The number of hydrogen-bond acceptors (Lipinski definition) is 2. The minimum atomic E-state index is -0.772. The molecule has 0 atom stereocenters. The van der Waals surface area contributed by atoms with E-state index < -0.39 is 17.4 Å². The Bertz CT molecular complexity index is 342. The smallest absolute Gasteiger partial charge is 0.191 e. The zero-order chi connectivity index (χ0) is 10.7. The van der Waals surface area contributed by atoms with Gasteiger partial charge in [0.2, 0.25) is 0 Å². The van der Waals surface area contributed by atoms with Gasteiger partial charge in [-0.1, -0.05) is 0 Å². The van der Waals surface area contributed by atoms with E-state index >= 15 is 0 Å². The third-order valence-electron chi connectivity index (χ3n) is 1.78. The predicted molar refractivity (Wildman–Crippen MR) is 51.4 cm³/mol. The Morgan fingerprint density at radius 2 is 2.07 bits per heavy atom. The van der Waals surface area contributed by atoms with E-state index in [-0.39, 0.29) is 23.1 Å². The number of methoxy groups -OCH3 is 1. The molecule has 14 heavy (non-hydrogen) atoms. The molecule has 0 radical (unpaired) electrons. The number of aliphatic hydroxyl groups is 1. The fourth-order valence-corrected chi connectivity index (χ4v) is 1.57. The second-order valence-electron chi connectivity index (χ2n) is 2.65. The molecule has 0 aromatic heterocycles. The summed E-state index contributed by atoms with van der Waals surface area (Å²) in [5.74, 6) is -1.96. The first-order chi connectivity index (χ1) is 6.61. The van der Waals surface area contributed by atoms with Gasteiger partial charge in [-0.3, -0.25) is 0 Å². The summed E-state index contributed by atoms with van der Waals surface area (Å²) in [4.78, 5) is 0. The summed E-state index contributed by atoms with van der Waals surface area (Å²) in [5, 5.41) is 8.65. The van der Waals surface area contributed by atoms with Crippen molar-refractivity contribution in [3.8, 4) is 5.75 Å². The van der Waals surface area contributed by atoms with Crippen molar-refractivity contribution >= 4 is 15.9 Å². The van der Waals surface area contributed by atoms with Crippen LogP contribution in [-0.2, 0) is 6.42 Å². The number of hydrogen-bond donors (Lipinski definition) is 1. The number of benzene rings is 1. The van der Waals surface area contributed by atoms with Crippen molar-refractivity contribution in [1.82, 2.24) is 0 Å². The highest BCUT2D eigenvalue weighted by atomic mass is 79.9. The van der Waals surface area contributed by atoms with E-state index in [4.69, 9.17) is 5.11 Å². The molecule has 0 saturated carbocycles. The van der Waals surface area contributed by atoms with Crippen molar-refractivity contribution in [1.29, 1.82) is 0 Å². The summed E-state index contributed by atoms with van der Waals surface area (Å²) >= 11 is 2.94. The number of ether oxygens (including phenoxy) is 1. The number of aliphatic hydroxyl groups excluding tert-OH is 1. The van der Waals surface area contributed by atoms with E-state index in [1.54, 1.807) is 0 Å². The first-order valence-corrected chi connectivity index (χ1v) is 4.72. The van der Waals surface area contributed by atoms with Crippen LogP contribution in [0.2, 0.25) is 0 Å². The summed E-state index contributed by atoms with van der Waals surface area (Å²) in [6, 6.07) is 1.30. The molecule has 2 nitrogen and oxygen atoms in total. The van der Waals surface area contributed by atoms with Crippen LogP contribution in [0, 0.1) is 11.6 Å². The molecule has 5 heteroatoms. The zero-order valence-electron chi connectivity index (χ0n) is 7.48. The predicted octanol–water partition coefficient (Wildman–Crippen LogP) is 2.27. The van der Waals surface area contributed by atoms with Crippen LogP contribution in [0.4, 0.5) is 8.78 Å². The van der Waals surface area contributed by atoms with E-state index in [9.17, 15) is 8.78 Å². The maximum atomic E-state index is 13.4. The van der Waals surface area contributed by atoms with Crippen LogP contribution >= 0.6 is 15.9 Å². The van der Waals surface area contributed by atoms with Crippen molar-refractivity contribution in [2.45, 2.75) is 6.42 Å². The lowest BCUT2D eigenvalue weighted by Crippen LogP contribution is -2.01. The molecule has 0 fully saturated rings. The molecule has 1 aromatic carbocycles. The van der Waals surface area contributed by atoms with E-state index in [0.717, 1.165) is 0 Å². The lowest BCUT2D eigenvalue weighted by atomic mass is 10.1. The molecule has 1 N–H and O–H groups in total. The summed E-state index contributed by atoms with van der Waals surface area (Å²) in [7, 11) is 1.19. The van der Waals surface area contributed by atoms with Gasteiger partial charge in [0.15, 0.2) is 17.4 Å². The van der Waals surface area contributed by atoms with Gasteiger partial charge in [0.25, 0.3) is 0 Å². The Hall–Kier alpha value is -0.680. The average Bonchev–Trinajstić information content (AvgIpc) is 2.16. The minimum Gasteiger partial charge on any atom is -0.491 e. The van der Waals surface area contributed by atoms with Gasteiger partial charge in [-0.15, -0.1) is 0 Å². The van der Waals surface area contributed by atoms with E-state index in [1.807, 2.05) is 0 Å². The Balaban J connectivity index is 3.27. The maximum Gasteiger partial charge on any atom is 0.191 e. The molecule has 0 aliphatic rings. The van der Waals surface area contributed by atoms with Crippen molar-refractivity contribution in [2.75, 3.05) is 13.7 Å². The molecule has 0 heterocycles. The molecular formula is C9H9BrF2O2. The quantitative estimate of drug-likeness (QED) is 0.851. The number of halogens is 3. The first-order valence-electron chi connectivity index (χ1n) is 3.93. The monoisotopic (exact) mass is 266 g/mol. The molecule has 0 spiro atoms. The topological polar surface area (TPSA) is 29.5 Å². The van der Waals surface area contributed by atoms with Gasteiger partial charge in [0.05, 0.1) is 11.6 Å². The third kappa shape index (κ3) is 2.04. The van der Waals surface area contributed by atoms with Gasteiger partial charge in [-0.25, -0.2) is 8.78 Å². The molecule has 1 rings (SSSR count). The summed E-state index contributed by atoms with van der Waals surface area (Å²) in [6.07, 6.45) is 0.126. The van der Waals surface area contributed by atoms with Gasteiger partial charge in [-0.05, 0) is 34.0 Å². The highest BCUT2D eigenvalue weighted by Gasteiger charge is 2.17. The molecule has 0 bridgehead atoms. The first kappa shape index (κ1) is 11.4. The molecular weight excluding hydrogens is 258 g/mol. The Morgan fingerprint density at radius 1 is 1.43 bits per heavy atom. The normalized spacial score (nSPS) is 10.4. The Morgan fingerprint density at radius 3 is 2.57 bits per heavy atom. The van der Waals surface area contributed by atoms with Crippen LogP contribution in [0.25, 0.3) is 0 Å². The largest absolute Gasteiger partial charge is 0.491 e. The third-order valence-corrected chi connectivity index (χ3v) is 2.35. The Labute approximate surface area is 88.6 Å². The van der Waals surface area contributed by atoms with Gasteiger partial charge < -0.3 is 9.84 Å². The minimum absolute atomic E-state index is 0.124. The summed E-state index contributed by atoms with van der Waals surface area (Å²) in [5.41, 5.74) is 0.220. The van der Waals surface area contributed by atoms with Gasteiger partial charge in [-0.2, -0.15) is 0 Å². The molecule has 0 amide bonds. The highest BCUT2D eigenvalue weighted by molar-refractivity contribution is 9.10. The van der Waals surface area contributed by atoms with Crippen LogP contribution in [0.5, 0.6) is 5.75 Å². The van der Waals surface area contributed by atoms with Gasteiger partial charge in [0, 0.05) is 6.61 Å². The van der Waals surface area contributed by atoms with Crippen LogP contribution in [0.1, 0.15) is 5.56 Å². The standard InChI is InChI=1S/C9H9BrF2O2/c1-14-9-7(11)5(2-3-13)4-6(10)8(9)12/h4,13H,2-3H2,1H3. The van der Waals surface area contributed by atoms with Crippen LogP contribution < -0.4 is 4.74 Å². The molecule has 78 valence electrons. The van der Waals surface area contributed by atoms with Gasteiger partial charge in [0.1, 0.15) is 0 Å². The molecule has 1 aromatic rings. The lowest BCUT2D eigenvalue weighted by molar-refractivity contribution is 0.295. The number of rotatable bonds is 3. The fourth-order valence-electron chi connectivity index (χ4n) is 1.11. The second kappa shape index (κ2) is 4.70. The second-order valence-corrected chi connectivity index (χ2v) is 3.51. The van der Waals surface area contributed by atoms with Crippen molar-refractivity contribution in [3.63, 3.8) is 0 Å². The maximum absolute atomic E-state index is 13.4. The van der Waals surface area contributed by atoms with E-state index in [2.05, 4.69) is 20.7 Å². The van der Waals surface area contributed by atoms with E-state index in [1.165, 1.54) is 13.2 Å². The van der Waals surface area contributed by atoms with Crippen molar-refractivity contribution in [2.24, 2.45) is 0 Å². The molecule has 0 aliphatic carbocycles. The SMILES string of the molecule is COc1c(F)c(Br)cc(CCO)c1F. The molecule has 0 saturated heterocycles. The fraction of sp³-hybridized carbons (Fsp3) is 0.333. The molecule has 0 aliphatic heterocycles.